The van der Waals surface area contributed by atoms with E-state index in [1.54, 1.807) is 0 Å². The molecule has 6 rings (SSSR count). The van der Waals surface area contributed by atoms with Gasteiger partial charge in [-0.15, -0.1) is 34.9 Å². The Morgan fingerprint density at radius 1 is 0.705 bits per heavy atom. The number of rotatable bonds is 2. The van der Waals surface area contributed by atoms with Crippen LogP contribution in [0.25, 0.3) is 54.3 Å². The molecule has 1 heterocycles. The Labute approximate surface area is 274 Å². The number of allylic oxidation sites excluding steroid dienone is 2. The van der Waals surface area contributed by atoms with Gasteiger partial charge in [0.15, 0.2) is 0 Å². The molecule has 0 saturated heterocycles. The Morgan fingerprint density at radius 2 is 1.25 bits per heavy atom. The normalized spacial score (nSPS) is 12.2. The molecule has 0 aliphatic carbocycles. The van der Waals surface area contributed by atoms with E-state index in [-0.39, 0.29) is 42.5 Å². The van der Waals surface area contributed by atoms with Crippen molar-refractivity contribution in [2.45, 2.75) is 55.4 Å². The Bertz CT molecular complexity index is 2020. The van der Waals surface area contributed by atoms with Gasteiger partial charge in [0, 0.05) is 31.7 Å². The van der Waals surface area contributed by atoms with Gasteiger partial charge in [0.25, 0.3) is 0 Å². The predicted octanol–water partition coefficient (Wildman–Crippen LogP) is 10.8. The van der Waals surface area contributed by atoms with Crippen LogP contribution in [0.15, 0.2) is 96.9 Å². The van der Waals surface area contributed by atoms with Crippen LogP contribution >= 0.6 is 0 Å². The minimum absolute atomic E-state index is 0. The summed E-state index contributed by atoms with van der Waals surface area (Å²) >= 11 is 0. The topological polar surface area (TPSA) is 54.5 Å². The zero-order chi connectivity index (χ0) is 31.1. The molecule has 0 aliphatic rings. The monoisotopic (exact) mass is 760 g/mol. The van der Waals surface area contributed by atoms with Crippen LogP contribution in [-0.2, 0) is 20.1 Å². The van der Waals surface area contributed by atoms with Crippen LogP contribution in [0.2, 0.25) is 0 Å². The first kappa shape index (κ1) is 33.1. The molecular weight excluding hydrogens is 719 g/mol. The third-order valence-corrected chi connectivity index (χ3v) is 7.88. The molecule has 6 aromatic rings. The number of hydrogen-bond donors (Lipinski definition) is 1. The van der Waals surface area contributed by atoms with E-state index in [1.807, 2.05) is 47.7 Å². The summed E-state index contributed by atoms with van der Waals surface area (Å²) in [5, 5.41) is 19.7. The second kappa shape index (κ2) is 12.6. The maximum Gasteiger partial charge on any atom is 0.325 e. The summed E-state index contributed by atoms with van der Waals surface area (Å²) in [6, 6.07) is 32.0. The van der Waals surface area contributed by atoms with Gasteiger partial charge in [-0.1, -0.05) is 95.3 Å². The Hall–Kier alpha value is -3.85. The first-order valence-corrected chi connectivity index (χ1v) is 14.8. The molecule has 0 bridgehead atoms. The zero-order valence-corrected chi connectivity index (χ0v) is 29.2. The van der Waals surface area contributed by atoms with E-state index in [2.05, 4.69) is 98.8 Å². The SMILES string of the molecule is CC(C)(C)C(=[OH+])/C=C(\O)C(C)(C)C.Cc1[c-]c(-c2nccc3c2ccc2c3ccc3c4ccccc4ccc32)cc(C)c1.[Ir]. The fraction of sp³-hybridized carbons (Fsp3) is 0.250. The number of benzene rings is 5. The number of hydrogen-bond acceptors (Lipinski definition) is 2. The molecule has 227 valence electrons. The molecule has 0 amide bonds. The van der Waals surface area contributed by atoms with Crippen LogP contribution < -0.4 is 0 Å². The van der Waals surface area contributed by atoms with Crippen molar-refractivity contribution < 1.29 is 30.0 Å². The number of aliphatic hydroxyl groups excluding tert-OH is 1. The van der Waals surface area contributed by atoms with E-state index >= 15 is 0 Å². The van der Waals surface area contributed by atoms with Gasteiger partial charge in [-0.05, 0) is 75.6 Å². The number of nitrogens with zero attached hydrogens (tertiary/aromatic N) is 1. The standard InChI is InChI=1S/C29H20N.C11H20O2.Ir/c1-18-15-19(2)17-21(16-18)29-28-12-11-25-24-8-7-20-5-3-4-6-22(20)23(24)9-10-26(25)27(28)13-14-30-29;1-10(2,3)8(12)7-9(13)11(4,5)6;/h3-16H,1-2H3;7,12H,1-6H3;/q-1;;/p+1/b;8-7-;. The second-order valence-corrected chi connectivity index (χ2v) is 13.5. The fourth-order valence-corrected chi connectivity index (χ4v) is 5.37. The number of ketones is 1. The summed E-state index contributed by atoms with van der Waals surface area (Å²) in [5.74, 6) is 0.417. The zero-order valence-electron chi connectivity index (χ0n) is 26.8. The van der Waals surface area contributed by atoms with Crippen LogP contribution in [0.5, 0.6) is 0 Å². The van der Waals surface area contributed by atoms with Crippen molar-refractivity contribution in [3.8, 4) is 11.3 Å². The van der Waals surface area contributed by atoms with Crippen LogP contribution in [0, 0.1) is 30.7 Å². The van der Waals surface area contributed by atoms with E-state index in [0.29, 0.717) is 0 Å². The molecule has 2 N–H and O–H groups in total. The molecule has 1 aromatic heterocycles. The summed E-state index contributed by atoms with van der Waals surface area (Å²) in [7, 11) is 0. The van der Waals surface area contributed by atoms with Crippen LogP contribution in [0.3, 0.4) is 0 Å². The van der Waals surface area contributed by atoms with Crippen molar-refractivity contribution >= 4 is 48.9 Å². The van der Waals surface area contributed by atoms with E-state index in [0.717, 1.165) is 16.8 Å². The molecule has 0 atom stereocenters. The molecule has 4 heteroatoms. The predicted molar refractivity (Wildman–Crippen MR) is 185 cm³/mol. The van der Waals surface area contributed by atoms with Crippen molar-refractivity contribution in [3.05, 3.63) is 114 Å². The number of aliphatic hydroxyl groups is 1. The van der Waals surface area contributed by atoms with Gasteiger partial charge in [0.1, 0.15) is 5.76 Å². The number of pyridine rings is 1. The minimum Gasteiger partial charge on any atom is -0.511 e. The van der Waals surface area contributed by atoms with E-state index < -0.39 is 0 Å². The number of aryl methyl sites for hydroxylation is 2. The van der Waals surface area contributed by atoms with Crippen LogP contribution in [0.1, 0.15) is 52.7 Å². The average molecular weight is 760 g/mol. The van der Waals surface area contributed by atoms with Crippen molar-refractivity contribution in [1.29, 1.82) is 0 Å². The largest absolute Gasteiger partial charge is 0.511 e. The third-order valence-electron chi connectivity index (χ3n) is 7.88. The van der Waals surface area contributed by atoms with Gasteiger partial charge in [-0.2, -0.15) is 0 Å². The molecule has 0 saturated carbocycles. The summed E-state index contributed by atoms with van der Waals surface area (Å²) in [6.07, 6.45) is 3.37. The molecular formula is C40H41IrNO2. The van der Waals surface area contributed by atoms with E-state index in [9.17, 15) is 9.90 Å². The van der Waals surface area contributed by atoms with Gasteiger partial charge >= 0.3 is 5.78 Å². The number of fused-ring (bicyclic) bond motifs is 7. The number of carbonyl (C=O) groups excluding carboxylic acids is 1. The fourth-order valence-electron chi connectivity index (χ4n) is 5.37. The van der Waals surface area contributed by atoms with Crippen LogP contribution in [-0.4, -0.2) is 20.7 Å². The van der Waals surface area contributed by atoms with Gasteiger partial charge < -0.3 is 10.1 Å². The third kappa shape index (κ3) is 6.78. The van der Waals surface area contributed by atoms with Crippen molar-refractivity contribution in [1.82, 2.24) is 4.98 Å². The van der Waals surface area contributed by atoms with Gasteiger partial charge in [0.05, 0.1) is 11.5 Å². The van der Waals surface area contributed by atoms with E-state index in [4.69, 9.17) is 4.98 Å². The maximum atomic E-state index is 9.60. The Kier molecular flexibility index (Phi) is 9.49. The molecule has 1 radical (unpaired) electrons. The quantitative estimate of drug-likeness (QED) is 0.0628. The smallest absolute Gasteiger partial charge is 0.325 e. The van der Waals surface area contributed by atoms with Gasteiger partial charge in [0.2, 0.25) is 0 Å². The molecule has 0 unspecified atom stereocenters. The number of aromatic nitrogens is 1. The first-order valence-electron chi connectivity index (χ1n) is 14.8. The van der Waals surface area contributed by atoms with Crippen molar-refractivity contribution in [3.63, 3.8) is 0 Å². The Balaban J connectivity index is 0.000000271. The first-order chi connectivity index (χ1) is 20.2. The van der Waals surface area contributed by atoms with Crippen molar-refractivity contribution in [2.75, 3.05) is 0 Å². The molecule has 0 fully saturated rings. The maximum absolute atomic E-state index is 9.60. The van der Waals surface area contributed by atoms with Gasteiger partial charge in [-0.25, -0.2) is 0 Å². The van der Waals surface area contributed by atoms with Crippen molar-refractivity contribution in [2.24, 2.45) is 10.8 Å². The molecule has 5 aromatic carbocycles. The molecule has 44 heavy (non-hydrogen) atoms. The minimum atomic E-state index is -0.306. The Morgan fingerprint density at radius 3 is 1.84 bits per heavy atom. The second-order valence-electron chi connectivity index (χ2n) is 13.5. The summed E-state index contributed by atoms with van der Waals surface area (Å²) in [4.78, 5) is 14.3. The average Bonchev–Trinajstić information content (AvgIpc) is 2.95. The summed E-state index contributed by atoms with van der Waals surface area (Å²) in [5.41, 5.74) is 3.82. The molecule has 0 aliphatic heterocycles. The summed E-state index contributed by atoms with van der Waals surface area (Å²) in [6.45, 7) is 15.6. The molecule has 3 nitrogen and oxygen atoms in total. The molecule has 0 spiro atoms. The van der Waals surface area contributed by atoms with Crippen LogP contribution in [0.4, 0.5) is 0 Å². The van der Waals surface area contributed by atoms with E-state index in [1.165, 1.54) is 54.7 Å². The summed E-state index contributed by atoms with van der Waals surface area (Å²) < 4.78 is 0. The van der Waals surface area contributed by atoms with Gasteiger partial charge in [-0.3, -0.25) is 4.79 Å².